The number of ketones is 1. The molecular weight excluding hydrogens is 266 g/mol. The number of anilines is 1. The van der Waals surface area contributed by atoms with E-state index in [9.17, 15) is 9.59 Å². The molecule has 0 aliphatic heterocycles. The third-order valence-corrected chi connectivity index (χ3v) is 2.90. The highest BCUT2D eigenvalue weighted by Crippen LogP contribution is 2.22. The summed E-state index contributed by atoms with van der Waals surface area (Å²) in [6, 6.07) is 10.5. The number of carbonyl (C=O) groups excluding carboxylic acids is 1. The molecule has 19 heavy (non-hydrogen) atoms. The number of hydrogen-bond donors (Lipinski definition) is 2. The van der Waals surface area contributed by atoms with Crippen LogP contribution in [0.5, 0.6) is 0 Å². The van der Waals surface area contributed by atoms with E-state index in [1.54, 1.807) is 12.1 Å². The molecule has 0 saturated heterocycles. The van der Waals surface area contributed by atoms with Crippen LogP contribution in [0.15, 0.2) is 42.5 Å². The largest absolute Gasteiger partial charge is 0.478 e. The summed E-state index contributed by atoms with van der Waals surface area (Å²) >= 11 is 5.76. The predicted octanol–water partition coefficient (Wildman–Crippen LogP) is 2.85. The lowest BCUT2D eigenvalue weighted by Crippen LogP contribution is -2.11. The molecule has 4 nitrogen and oxygen atoms in total. The number of carbonyl (C=O) groups is 2. The van der Waals surface area contributed by atoms with Gasteiger partial charge in [0.05, 0.1) is 5.56 Å². The molecule has 0 aromatic heterocycles. The fraction of sp³-hybridized carbons (Fsp3) is 0. The fourth-order valence-electron chi connectivity index (χ4n) is 1.75. The molecule has 0 amide bonds. The van der Waals surface area contributed by atoms with E-state index < -0.39 is 11.8 Å². The fourth-order valence-corrected chi connectivity index (χ4v) is 1.93. The van der Waals surface area contributed by atoms with Crippen LogP contribution in [-0.2, 0) is 0 Å². The van der Waals surface area contributed by atoms with Gasteiger partial charge in [0.15, 0.2) is 5.78 Å². The average molecular weight is 276 g/mol. The number of hydrogen-bond acceptors (Lipinski definition) is 3. The number of carboxylic acids is 1. The van der Waals surface area contributed by atoms with Gasteiger partial charge in [-0.25, -0.2) is 4.79 Å². The van der Waals surface area contributed by atoms with Crippen LogP contribution in [0.2, 0.25) is 5.02 Å². The molecule has 0 fully saturated rings. The van der Waals surface area contributed by atoms with E-state index in [-0.39, 0.29) is 22.4 Å². The van der Waals surface area contributed by atoms with Crippen molar-refractivity contribution in [1.82, 2.24) is 0 Å². The Hall–Kier alpha value is -2.33. The number of benzene rings is 2. The van der Waals surface area contributed by atoms with Gasteiger partial charge in [-0.05, 0) is 24.3 Å². The van der Waals surface area contributed by atoms with Crippen LogP contribution in [0.4, 0.5) is 5.69 Å². The van der Waals surface area contributed by atoms with E-state index in [1.807, 2.05) is 0 Å². The second-order valence-corrected chi connectivity index (χ2v) is 4.35. The molecule has 0 spiro atoms. The zero-order valence-corrected chi connectivity index (χ0v) is 10.5. The van der Waals surface area contributed by atoms with Gasteiger partial charge >= 0.3 is 5.97 Å². The van der Waals surface area contributed by atoms with Crippen LogP contribution in [0.25, 0.3) is 0 Å². The van der Waals surface area contributed by atoms with Gasteiger partial charge in [0.2, 0.25) is 0 Å². The molecule has 0 atom stereocenters. The Morgan fingerprint density at radius 3 is 2.21 bits per heavy atom. The van der Waals surface area contributed by atoms with Crippen LogP contribution < -0.4 is 5.73 Å². The molecule has 0 aliphatic rings. The van der Waals surface area contributed by atoms with Gasteiger partial charge in [0.25, 0.3) is 0 Å². The lowest BCUT2D eigenvalue weighted by molar-refractivity contribution is 0.0693. The summed E-state index contributed by atoms with van der Waals surface area (Å²) in [5, 5.41) is 9.49. The summed E-state index contributed by atoms with van der Waals surface area (Å²) < 4.78 is 0. The topological polar surface area (TPSA) is 80.4 Å². The molecule has 0 heterocycles. The highest BCUT2D eigenvalue weighted by molar-refractivity contribution is 6.31. The zero-order chi connectivity index (χ0) is 14.0. The predicted molar refractivity (Wildman–Crippen MR) is 72.7 cm³/mol. The summed E-state index contributed by atoms with van der Waals surface area (Å²) in [4.78, 5) is 23.4. The van der Waals surface area contributed by atoms with Crippen molar-refractivity contribution in [3.63, 3.8) is 0 Å². The number of aromatic carboxylic acids is 1. The first kappa shape index (κ1) is 13.1. The lowest BCUT2D eigenvalue weighted by Gasteiger charge is -2.07. The monoisotopic (exact) mass is 275 g/mol. The molecule has 0 radical (unpaired) electrons. The van der Waals surface area contributed by atoms with E-state index in [0.717, 1.165) is 0 Å². The Labute approximate surface area is 114 Å². The number of nitrogen functional groups attached to an aromatic ring is 1. The Kier molecular flexibility index (Phi) is 3.53. The second kappa shape index (κ2) is 5.12. The first-order valence-corrected chi connectivity index (χ1v) is 5.80. The van der Waals surface area contributed by atoms with Crippen LogP contribution in [0.1, 0.15) is 26.3 Å². The summed E-state index contributed by atoms with van der Waals surface area (Å²) in [5.74, 6) is -1.59. The van der Waals surface area contributed by atoms with Gasteiger partial charge in [-0.1, -0.05) is 29.8 Å². The zero-order valence-electron chi connectivity index (χ0n) is 9.76. The van der Waals surface area contributed by atoms with E-state index >= 15 is 0 Å². The van der Waals surface area contributed by atoms with Gasteiger partial charge in [-0.3, -0.25) is 4.79 Å². The van der Waals surface area contributed by atoms with E-state index in [0.29, 0.717) is 5.02 Å². The Bertz CT molecular complexity index is 667. The first-order chi connectivity index (χ1) is 9.00. The molecule has 0 aliphatic carbocycles. The van der Waals surface area contributed by atoms with Gasteiger partial charge in [-0.2, -0.15) is 0 Å². The highest BCUT2D eigenvalue weighted by atomic mass is 35.5. The van der Waals surface area contributed by atoms with Crippen LogP contribution in [0.3, 0.4) is 0 Å². The average Bonchev–Trinajstić information content (AvgIpc) is 2.38. The molecule has 0 bridgehead atoms. The van der Waals surface area contributed by atoms with Crippen LogP contribution >= 0.6 is 11.6 Å². The normalized spacial score (nSPS) is 10.2. The molecule has 0 unspecified atom stereocenters. The molecule has 3 N–H and O–H groups in total. The SMILES string of the molecule is Nc1cc(Cl)ccc1C(=O)c1ccccc1C(=O)O. The van der Waals surface area contributed by atoms with Crippen molar-refractivity contribution >= 4 is 29.0 Å². The quantitative estimate of drug-likeness (QED) is 0.667. The van der Waals surface area contributed by atoms with Crippen molar-refractivity contribution in [2.24, 2.45) is 0 Å². The summed E-state index contributed by atoms with van der Waals surface area (Å²) in [5.41, 5.74) is 6.23. The van der Waals surface area contributed by atoms with E-state index in [4.69, 9.17) is 22.4 Å². The smallest absolute Gasteiger partial charge is 0.336 e. The molecule has 2 aromatic carbocycles. The van der Waals surface area contributed by atoms with Crippen molar-refractivity contribution in [3.8, 4) is 0 Å². The third kappa shape index (κ3) is 2.58. The van der Waals surface area contributed by atoms with Crippen molar-refractivity contribution in [3.05, 3.63) is 64.2 Å². The second-order valence-electron chi connectivity index (χ2n) is 3.91. The van der Waals surface area contributed by atoms with E-state index in [2.05, 4.69) is 0 Å². The number of rotatable bonds is 3. The van der Waals surface area contributed by atoms with Crippen molar-refractivity contribution in [1.29, 1.82) is 0 Å². The number of carboxylic acid groups (broad SMARTS) is 1. The van der Waals surface area contributed by atoms with Gasteiger partial charge < -0.3 is 10.8 Å². The summed E-state index contributed by atoms with van der Waals surface area (Å²) in [6.45, 7) is 0. The molecule has 5 heteroatoms. The minimum atomic E-state index is -1.16. The lowest BCUT2D eigenvalue weighted by atomic mass is 9.97. The molecule has 2 aromatic rings. The standard InChI is InChI=1S/C14H10ClNO3/c15-8-5-6-11(12(16)7-8)13(17)9-3-1-2-4-10(9)14(18)19/h1-7H,16H2,(H,18,19). The summed E-state index contributed by atoms with van der Waals surface area (Å²) in [7, 11) is 0. The summed E-state index contributed by atoms with van der Waals surface area (Å²) in [6.07, 6.45) is 0. The van der Waals surface area contributed by atoms with E-state index in [1.165, 1.54) is 30.3 Å². The highest BCUT2D eigenvalue weighted by Gasteiger charge is 2.19. The van der Waals surface area contributed by atoms with Gasteiger partial charge in [0, 0.05) is 21.8 Å². The third-order valence-electron chi connectivity index (χ3n) is 2.66. The number of nitrogens with two attached hydrogens (primary N) is 1. The minimum absolute atomic E-state index is 0.0538. The van der Waals surface area contributed by atoms with Gasteiger partial charge in [-0.15, -0.1) is 0 Å². The Morgan fingerprint density at radius 1 is 1.00 bits per heavy atom. The molecular formula is C14H10ClNO3. The minimum Gasteiger partial charge on any atom is -0.478 e. The number of halogens is 1. The van der Waals surface area contributed by atoms with Gasteiger partial charge in [0.1, 0.15) is 0 Å². The maximum absolute atomic E-state index is 12.3. The maximum Gasteiger partial charge on any atom is 0.336 e. The molecule has 96 valence electrons. The molecule has 0 saturated carbocycles. The van der Waals surface area contributed by atoms with Crippen molar-refractivity contribution in [2.45, 2.75) is 0 Å². The van der Waals surface area contributed by atoms with Crippen LogP contribution in [0, 0.1) is 0 Å². The van der Waals surface area contributed by atoms with Crippen molar-refractivity contribution < 1.29 is 14.7 Å². The Morgan fingerprint density at radius 2 is 1.63 bits per heavy atom. The van der Waals surface area contributed by atoms with Crippen molar-refractivity contribution in [2.75, 3.05) is 5.73 Å². The first-order valence-electron chi connectivity index (χ1n) is 5.42. The van der Waals surface area contributed by atoms with Crippen LogP contribution in [-0.4, -0.2) is 16.9 Å². The maximum atomic E-state index is 12.3. The molecule has 2 rings (SSSR count). The Balaban J connectivity index is 2.53.